The predicted octanol–water partition coefficient (Wildman–Crippen LogP) is 3.19. The van der Waals surface area contributed by atoms with Crippen molar-refractivity contribution in [3.05, 3.63) is 7.11 Å². The molecule has 0 aromatic rings. The maximum absolute atomic E-state index is 5.46. The number of fused-ring (bicyclic) bond motifs is 2. The van der Waals surface area contributed by atoms with Gasteiger partial charge in [0.25, 0.3) is 0 Å². The van der Waals surface area contributed by atoms with Crippen LogP contribution in [0.15, 0.2) is 0 Å². The zero-order valence-electron chi connectivity index (χ0n) is 8.18. The van der Waals surface area contributed by atoms with E-state index in [1.54, 1.807) is 0 Å². The molecule has 12 heavy (non-hydrogen) atoms. The van der Waals surface area contributed by atoms with Gasteiger partial charge < -0.3 is 4.43 Å². The minimum atomic E-state index is -1.41. The Bertz CT molecular complexity index is 179. The van der Waals surface area contributed by atoms with Crippen LogP contribution in [-0.2, 0) is 4.43 Å². The maximum Gasteiger partial charge on any atom is 0.190 e. The highest BCUT2D eigenvalue weighted by atomic mass is 28.4. The molecule has 0 spiro atoms. The van der Waals surface area contributed by atoms with Crippen LogP contribution in [0.25, 0.3) is 0 Å². The second-order valence-corrected chi connectivity index (χ2v) is 9.27. The monoisotopic (exact) mass is 183 g/mol. The first kappa shape index (κ1) is 8.76. The zero-order chi connectivity index (χ0) is 8.77. The van der Waals surface area contributed by atoms with Gasteiger partial charge in [0.1, 0.15) is 0 Å². The van der Waals surface area contributed by atoms with Crippen molar-refractivity contribution in [2.45, 2.75) is 44.3 Å². The van der Waals surface area contributed by atoms with Gasteiger partial charge in [0.2, 0.25) is 0 Å². The first-order valence-electron chi connectivity index (χ1n) is 5.06. The van der Waals surface area contributed by atoms with E-state index in [1.165, 1.54) is 25.7 Å². The second kappa shape index (κ2) is 2.84. The van der Waals surface area contributed by atoms with E-state index >= 15 is 0 Å². The molecule has 0 aromatic heterocycles. The standard InChI is InChI=1S/C10H19OSi/c1-11-12(2,3)10-7-8-4-5-9(10)6-8/h8-10H,1,4-7H2,2-3H3. The lowest BCUT2D eigenvalue weighted by Crippen LogP contribution is -2.37. The summed E-state index contributed by atoms with van der Waals surface area (Å²) in [5, 5.41) is 0. The van der Waals surface area contributed by atoms with Crippen LogP contribution in [0.5, 0.6) is 0 Å². The summed E-state index contributed by atoms with van der Waals surface area (Å²) in [6.45, 7) is 4.65. The van der Waals surface area contributed by atoms with E-state index in [2.05, 4.69) is 20.2 Å². The van der Waals surface area contributed by atoms with E-state index < -0.39 is 8.32 Å². The molecule has 0 N–H and O–H groups in total. The van der Waals surface area contributed by atoms with Crippen LogP contribution in [-0.4, -0.2) is 8.32 Å². The largest absolute Gasteiger partial charge is 0.415 e. The van der Waals surface area contributed by atoms with Crippen LogP contribution in [0.1, 0.15) is 25.7 Å². The van der Waals surface area contributed by atoms with Crippen LogP contribution in [0, 0.1) is 18.9 Å². The minimum absolute atomic E-state index is 0.911. The van der Waals surface area contributed by atoms with E-state index in [1.807, 2.05) is 0 Å². The fourth-order valence-corrected chi connectivity index (χ4v) is 5.76. The number of hydrogen-bond acceptors (Lipinski definition) is 1. The first-order valence-corrected chi connectivity index (χ1v) is 8.05. The van der Waals surface area contributed by atoms with Gasteiger partial charge in [0.15, 0.2) is 8.32 Å². The molecule has 0 aromatic carbocycles. The quantitative estimate of drug-likeness (QED) is 0.597. The van der Waals surface area contributed by atoms with E-state index in [4.69, 9.17) is 4.43 Å². The average Bonchev–Trinajstić information content (AvgIpc) is 2.64. The van der Waals surface area contributed by atoms with Gasteiger partial charge in [-0.1, -0.05) is 12.8 Å². The lowest BCUT2D eigenvalue weighted by atomic mass is 10.0. The highest BCUT2D eigenvalue weighted by molar-refractivity contribution is 6.72. The molecule has 69 valence electrons. The molecule has 0 amide bonds. The van der Waals surface area contributed by atoms with Gasteiger partial charge in [-0.3, -0.25) is 0 Å². The van der Waals surface area contributed by atoms with Crippen molar-refractivity contribution in [2.75, 3.05) is 0 Å². The summed E-state index contributed by atoms with van der Waals surface area (Å²) in [6, 6.07) is 0. The molecule has 2 aliphatic carbocycles. The smallest absolute Gasteiger partial charge is 0.190 e. The predicted molar refractivity (Wildman–Crippen MR) is 53.1 cm³/mol. The molecule has 0 saturated heterocycles. The maximum atomic E-state index is 5.46. The molecule has 0 aliphatic heterocycles. The molecule has 2 saturated carbocycles. The van der Waals surface area contributed by atoms with E-state index in [0.29, 0.717) is 0 Å². The molecular weight excluding hydrogens is 164 g/mol. The molecule has 3 atom stereocenters. The van der Waals surface area contributed by atoms with Gasteiger partial charge in [-0.15, -0.1) is 0 Å². The van der Waals surface area contributed by atoms with E-state index in [0.717, 1.165) is 17.4 Å². The fourth-order valence-electron chi connectivity index (χ4n) is 3.20. The Morgan fingerprint density at radius 1 is 1.25 bits per heavy atom. The molecule has 2 rings (SSSR count). The van der Waals surface area contributed by atoms with Crippen LogP contribution >= 0.6 is 0 Å². The SMILES string of the molecule is [CH2]O[Si](C)(C)C1CC2CCC1C2. The Morgan fingerprint density at radius 3 is 2.42 bits per heavy atom. The van der Waals surface area contributed by atoms with Crippen LogP contribution in [0.4, 0.5) is 0 Å². The minimum Gasteiger partial charge on any atom is -0.415 e. The van der Waals surface area contributed by atoms with Gasteiger partial charge in [-0.25, -0.2) is 0 Å². The summed E-state index contributed by atoms with van der Waals surface area (Å²) >= 11 is 0. The van der Waals surface area contributed by atoms with Crippen molar-refractivity contribution in [3.8, 4) is 0 Å². The highest BCUT2D eigenvalue weighted by Crippen LogP contribution is 2.55. The fraction of sp³-hybridized carbons (Fsp3) is 0.900. The Morgan fingerprint density at radius 2 is 2.00 bits per heavy atom. The third-order valence-electron chi connectivity index (χ3n) is 4.00. The van der Waals surface area contributed by atoms with Crippen molar-refractivity contribution < 1.29 is 4.43 Å². The molecule has 2 heteroatoms. The molecule has 2 aliphatic rings. The Balaban J connectivity index is 2.06. The third-order valence-corrected chi connectivity index (χ3v) is 7.24. The van der Waals surface area contributed by atoms with Crippen molar-refractivity contribution in [3.63, 3.8) is 0 Å². The summed E-state index contributed by atoms with van der Waals surface area (Å²) in [7, 11) is 2.24. The summed E-state index contributed by atoms with van der Waals surface area (Å²) in [6.07, 6.45) is 5.89. The summed E-state index contributed by atoms with van der Waals surface area (Å²) < 4.78 is 5.46. The zero-order valence-corrected chi connectivity index (χ0v) is 9.18. The Hall–Kier alpha value is 0.177. The topological polar surface area (TPSA) is 9.23 Å². The first-order chi connectivity index (χ1) is 5.63. The summed E-state index contributed by atoms with van der Waals surface area (Å²) in [5.41, 5.74) is 0.911. The number of rotatable bonds is 2. The molecular formula is C10H19OSi. The van der Waals surface area contributed by atoms with E-state index in [-0.39, 0.29) is 0 Å². The molecule has 2 bridgehead atoms. The highest BCUT2D eigenvalue weighted by Gasteiger charge is 2.47. The van der Waals surface area contributed by atoms with Crippen molar-refractivity contribution >= 4 is 8.32 Å². The summed E-state index contributed by atoms with van der Waals surface area (Å²) in [5.74, 6) is 2.04. The van der Waals surface area contributed by atoms with Crippen molar-refractivity contribution in [1.82, 2.24) is 0 Å². The lowest BCUT2D eigenvalue weighted by molar-refractivity contribution is 0.389. The average molecular weight is 183 g/mol. The van der Waals surface area contributed by atoms with Gasteiger partial charge >= 0.3 is 0 Å². The molecule has 1 radical (unpaired) electrons. The Labute approximate surface area is 76.6 Å². The van der Waals surface area contributed by atoms with Crippen LogP contribution < -0.4 is 0 Å². The van der Waals surface area contributed by atoms with Gasteiger partial charge in [-0.05, 0) is 43.3 Å². The van der Waals surface area contributed by atoms with Crippen molar-refractivity contribution in [2.24, 2.45) is 11.8 Å². The van der Waals surface area contributed by atoms with Gasteiger partial charge in [0, 0.05) is 0 Å². The molecule has 0 heterocycles. The summed E-state index contributed by atoms with van der Waals surface area (Å²) in [4.78, 5) is 0. The Kier molecular flexibility index (Phi) is 2.08. The third kappa shape index (κ3) is 1.25. The molecule has 2 fully saturated rings. The van der Waals surface area contributed by atoms with Crippen LogP contribution in [0.3, 0.4) is 0 Å². The van der Waals surface area contributed by atoms with Gasteiger partial charge in [0.05, 0.1) is 7.11 Å². The second-order valence-electron chi connectivity index (χ2n) is 5.03. The van der Waals surface area contributed by atoms with Crippen LogP contribution in [0.2, 0.25) is 18.6 Å². The molecule has 3 unspecified atom stereocenters. The van der Waals surface area contributed by atoms with E-state index in [9.17, 15) is 0 Å². The van der Waals surface area contributed by atoms with Crippen molar-refractivity contribution in [1.29, 1.82) is 0 Å². The number of hydrogen-bond donors (Lipinski definition) is 0. The van der Waals surface area contributed by atoms with Gasteiger partial charge in [-0.2, -0.15) is 0 Å². The lowest BCUT2D eigenvalue weighted by Gasteiger charge is -2.33. The normalized spacial score (nSPS) is 40.8. The molecule has 1 nitrogen and oxygen atoms in total.